The lowest BCUT2D eigenvalue weighted by Crippen LogP contribution is -2.50. The van der Waals surface area contributed by atoms with Crippen LogP contribution in [0, 0.1) is 6.92 Å². The molecule has 0 aliphatic carbocycles. The molecule has 3 unspecified atom stereocenters. The predicted molar refractivity (Wildman–Crippen MR) is 153 cm³/mol. The fraction of sp³-hybridized carbons (Fsp3) is 0.323. The van der Waals surface area contributed by atoms with Crippen LogP contribution in [0.4, 0.5) is 11.4 Å². The molecule has 0 spiro atoms. The van der Waals surface area contributed by atoms with Crippen LogP contribution in [0.25, 0.3) is 0 Å². The maximum atomic E-state index is 13.4. The minimum Gasteiger partial charge on any atom is -0.497 e. The summed E-state index contributed by atoms with van der Waals surface area (Å²) >= 11 is 0. The summed E-state index contributed by atoms with van der Waals surface area (Å²) in [7, 11) is 1.53. The van der Waals surface area contributed by atoms with E-state index in [1.807, 2.05) is 51.1 Å². The average molecular weight is 546 g/mol. The van der Waals surface area contributed by atoms with Gasteiger partial charge in [-0.3, -0.25) is 14.4 Å². The van der Waals surface area contributed by atoms with Gasteiger partial charge in [0.25, 0.3) is 11.8 Å². The highest BCUT2D eigenvalue weighted by molar-refractivity contribution is 6.07. The molecule has 9 heteroatoms. The number of carbonyl (C=O) groups excluding carboxylic acids is 2. The number of aliphatic carboxylic acids is 1. The summed E-state index contributed by atoms with van der Waals surface area (Å²) in [6.07, 6.45) is -0.269. The first kappa shape index (κ1) is 28.6. The Balaban J connectivity index is 1.68. The fourth-order valence-corrected chi connectivity index (χ4v) is 4.91. The summed E-state index contributed by atoms with van der Waals surface area (Å²) in [4.78, 5) is 40.5. The van der Waals surface area contributed by atoms with Gasteiger partial charge in [-0.1, -0.05) is 35.9 Å². The normalized spacial score (nSPS) is 17.6. The number of carbonyl (C=O) groups is 3. The second-order valence-electron chi connectivity index (χ2n) is 10.1. The quantitative estimate of drug-likeness (QED) is 0.353. The molecule has 3 N–H and O–H groups in total. The standard InChI is InChI=1S/C31H35N3O6/c1-19-8-10-22(11-9-19)26(16-29(35)36)32-31(38)24-12-13-28(34-20(2)17-40-18-21(34)3)27(15-24)33-30(37)23-6-5-7-25(14-23)39-4/h5-15,20-21,26H,16-18H2,1-4H3,(H,32,38)(H,33,37)(H,35,36). The SMILES string of the molecule is COc1cccc(C(=O)Nc2cc(C(=O)NC(CC(=O)O)c3ccc(C)cc3)ccc2N2C(C)COCC2C)c1. The molecule has 0 saturated carbocycles. The summed E-state index contributed by atoms with van der Waals surface area (Å²) in [6, 6.07) is 18.7. The number of amides is 2. The molecular weight excluding hydrogens is 510 g/mol. The highest BCUT2D eigenvalue weighted by Crippen LogP contribution is 2.33. The number of nitrogens with zero attached hydrogens (tertiary/aromatic N) is 1. The highest BCUT2D eigenvalue weighted by atomic mass is 16.5. The number of benzene rings is 3. The first-order chi connectivity index (χ1) is 19.2. The molecular formula is C31H35N3O6. The van der Waals surface area contributed by atoms with Gasteiger partial charge in [0, 0.05) is 23.2 Å². The van der Waals surface area contributed by atoms with E-state index in [1.165, 1.54) is 7.11 Å². The lowest BCUT2D eigenvalue weighted by Gasteiger charge is -2.41. The Morgan fingerprint density at radius 2 is 1.65 bits per heavy atom. The zero-order valence-corrected chi connectivity index (χ0v) is 23.1. The van der Waals surface area contributed by atoms with Gasteiger partial charge in [-0.2, -0.15) is 0 Å². The van der Waals surface area contributed by atoms with Crippen molar-refractivity contribution < 1.29 is 29.0 Å². The molecule has 3 atom stereocenters. The number of ether oxygens (including phenoxy) is 2. The largest absolute Gasteiger partial charge is 0.497 e. The Morgan fingerprint density at radius 1 is 0.975 bits per heavy atom. The van der Waals surface area contributed by atoms with E-state index < -0.39 is 17.9 Å². The monoisotopic (exact) mass is 545 g/mol. The van der Waals surface area contributed by atoms with Gasteiger partial charge in [-0.15, -0.1) is 0 Å². The van der Waals surface area contributed by atoms with Gasteiger partial charge in [0.05, 0.1) is 44.2 Å². The van der Waals surface area contributed by atoms with Crippen LogP contribution in [-0.2, 0) is 9.53 Å². The van der Waals surface area contributed by atoms with Crippen LogP contribution in [0.3, 0.4) is 0 Å². The zero-order valence-electron chi connectivity index (χ0n) is 23.1. The molecule has 0 bridgehead atoms. The Kier molecular flexibility index (Phi) is 9.06. The van der Waals surface area contributed by atoms with Crippen molar-refractivity contribution in [3.8, 4) is 5.75 Å². The highest BCUT2D eigenvalue weighted by Gasteiger charge is 2.29. The van der Waals surface area contributed by atoms with Crippen molar-refractivity contribution in [1.29, 1.82) is 0 Å². The molecule has 1 heterocycles. The Hall–Kier alpha value is -4.37. The van der Waals surface area contributed by atoms with E-state index in [0.717, 1.165) is 11.3 Å². The number of aryl methyl sites for hydroxylation is 1. The maximum Gasteiger partial charge on any atom is 0.305 e. The number of carboxylic acids is 1. The van der Waals surface area contributed by atoms with Crippen molar-refractivity contribution >= 4 is 29.2 Å². The van der Waals surface area contributed by atoms with Crippen LogP contribution in [0.15, 0.2) is 66.7 Å². The van der Waals surface area contributed by atoms with Crippen molar-refractivity contribution in [2.75, 3.05) is 30.5 Å². The van der Waals surface area contributed by atoms with E-state index >= 15 is 0 Å². The Labute approximate surface area is 234 Å². The molecule has 0 aromatic heterocycles. The van der Waals surface area contributed by atoms with Crippen molar-refractivity contribution in [3.05, 3.63) is 89.0 Å². The summed E-state index contributed by atoms with van der Waals surface area (Å²) < 4.78 is 11.0. The van der Waals surface area contributed by atoms with Crippen LogP contribution < -0.4 is 20.3 Å². The zero-order chi connectivity index (χ0) is 28.8. The minimum absolute atomic E-state index is 0.0392. The minimum atomic E-state index is -1.03. The van der Waals surface area contributed by atoms with E-state index in [-0.39, 0.29) is 24.4 Å². The van der Waals surface area contributed by atoms with Crippen LogP contribution in [0.5, 0.6) is 5.75 Å². The lowest BCUT2D eigenvalue weighted by atomic mass is 10.0. The van der Waals surface area contributed by atoms with Crippen LogP contribution in [0.2, 0.25) is 0 Å². The van der Waals surface area contributed by atoms with E-state index in [9.17, 15) is 19.5 Å². The van der Waals surface area contributed by atoms with E-state index in [1.54, 1.807) is 36.4 Å². The average Bonchev–Trinajstić information content (AvgIpc) is 2.93. The number of hydrogen-bond donors (Lipinski definition) is 3. The number of rotatable bonds is 9. The second-order valence-corrected chi connectivity index (χ2v) is 10.1. The summed E-state index contributed by atoms with van der Waals surface area (Å²) in [6.45, 7) is 7.09. The van der Waals surface area contributed by atoms with Gasteiger partial charge in [0.15, 0.2) is 0 Å². The predicted octanol–water partition coefficient (Wildman–Crippen LogP) is 4.82. The number of nitrogens with one attached hydrogen (secondary N) is 2. The number of carboxylic acid groups (broad SMARTS) is 1. The van der Waals surface area contributed by atoms with Gasteiger partial charge in [-0.05, 0) is 62.7 Å². The molecule has 210 valence electrons. The van der Waals surface area contributed by atoms with Gasteiger partial charge in [-0.25, -0.2) is 0 Å². The van der Waals surface area contributed by atoms with Crippen molar-refractivity contribution in [1.82, 2.24) is 5.32 Å². The number of methoxy groups -OCH3 is 1. The Bertz CT molecular complexity index is 1360. The number of hydrogen-bond acceptors (Lipinski definition) is 6. The third kappa shape index (κ3) is 6.79. The molecule has 2 amide bonds. The van der Waals surface area contributed by atoms with E-state index in [0.29, 0.717) is 41.3 Å². The van der Waals surface area contributed by atoms with Crippen LogP contribution >= 0.6 is 0 Å². The Morgan fingerprint density at radius 3 is 2.30 bits per heavy atom. The first-order valence-corrected chi connectivity index (χ1v) is 13.2. The summed E-state index contributed by atoms with van der Waals surface area (Å²) in [5, 5.41) is 15.3. The second kappa shape index (κ2) is 12.7. The third-order valence-electron chi connectivity index (χ3n) is 6.95. The smallest absolute Gasteiger partial charge is 0.305 e. The van der Waals surface area contributed by atoms with Gasteiger partial charge < -0.3 is 30.1 Å². The van der Waals surface area contributed by atoms with Gasteiger partial charge >= 0.3 is 5.97 Å². The molecule has 1 fully saturated rings. The first-order valence-electron chi connectivity index (χ1n) is 13.2. The van der Waals surface area contributed by atoms with Gasteiger partial charge in [0.2, 0.25) is 0 Å². The summed E-state index contributed by atoms with van der Waals surface area (Å²) in [5.41, 5.74) is 3.65. The van der Waals surface area contributed by atoms with Crippen molar-refractivity contribution in [2.45, 2.75) is 45.3 Å². The van der Waals surface area contributed by atoms with E-state index in [2.05, 4.69) is 15.5 Å². The molecule has 9 nitrogen and oxygen atoms in total. The number of anilines is 2. The molecule has 1 aliphatic heterocycles. The van der Waals surface area contributed by atoms with Crippen molar-refractivity contribution in [2.24, 2.45) is 0 Å². The van der Waals surface area contributed by atoms with Crippen LogP contribution in [0.1, 0.15) is 58.2 Å². The topological polar surface area (TPSA) is 117 Å². The molecule has 40 heavy (non-hydrogen) atoms. The molecule has 3 aromatic rings. The molecule has 1 aliphatic rings. The number of morpholine rings is 1. The maximum absolute atomic E-state index is 13.4. The van der Waals surface area contributed by atoms with Gasteiger partial charge in [0.1, 0.15) is 5.75 Å². The molecule has 4 rings (SSSR count). The molecule has 3 aromatic carbocycles. The summed E-state index contributed by atoms with van der Waals surface area (Å²) in [5.74, 6) is -1.27. The fourth-order valence-electron chi connectivity index (χ4n) is 4.91. The third-order valence-corrected chi connectivity index (χ3v) is 6.95. The van der Waals surface area contributed by atoms with Crippen molar-refractivity contribution in [3.63, 3.8) is 0 Å². The molecule has 1 saturated heterocycles. The lowest BCUT2D eigenvalue weighted by molar-refractivity contribution is -0.137. The van der Waals surface area contributed by atoms with Crippen LogP contribution in [-0.4, -0.2) is 55.3 Å². The van der Waals surface area contributed by atoms with E-state index in [4.69, 9.17) is 9.47 Å². The molecule has 0 radical (unpaired) electrons.